The van der Waals surface area contributed by atoms with E-state index in [2.05, 4.69) is 10.3 Å². The van der Waals surface area contributed by atoms with Gasteiger partial charge in [0.05, 0.1) is 36.6 Å². The van der Waals surface area contributed by atoms with Crippen LogP contribution in [0.3, 0.4) is 0 Å². The maximum Gasteiger partial charge on any atom is 0.322 e. The zero-order valence-electron chi connectivity index (χ0n) is 14.7. The highest BCUT2D eigenvalue weighted by Crippen LogP contribution is 2.27. The van der Waals surface area contributed by atoms with Crippen molar-refractivity contribution in [2.45, 2.75) is 18.6 Å². The van der Waals surface area contributed by atoms with Crippen molar-refractivity contribution in [3.8, 4) is 0 Å². The number of fused-ring (bicyclic) bond motifs is 1. The summed E-state index contributed by atoms with van der Waals surface area (Å²) >= 11 is 1.52. The van der Waals surface area contributed by atoms with Crippen LogP contribution < -0.4 is 5.32 Å². The quantitative estimate of drug-likeness (QED) is 0.721. The first-order valence-electron chi connectivity index (χ1n) is 8.93. The standard InChI is InChI=1S/C20H21N3O3S/c24-17(18-7-3-11-27-18)12-15-13-26-10-9-23(15)20(25)22-16-6-1-4-14-5-2-8-21-19(14)16/h1-8,11,15,17,24H,9-10,12-13H2,(H,22,25). The second-order valence-corrected chi connectivity index (χ2v) is 7.48. The number of aliphatic hydroxyl groups is 1. The maximum absolute atomic E-state index is 12.9. The molecule has 1 fully saturated rings. The first-order valence-corrected chi connectivity index (χ1v) is 9.81. The Balaban J connectivity index is 1.50. The molecule has 1 aliphatic rings. The number of aromatic nitrogens is 1. The third-order valence-corrected chi connectivity index (χ3v) is 5.70. The van der Waals surface area contributed by atoms with E-state index in [9.17, 15) is 9.90 Å². The predicted molar refractivity (Wildman–Crippen MR) is 106 cm³/mol. The van der Waals surface area contributed by atoms with Gasteiger partial charge in [-0.3, -0.25) is 4.98 Å². The van der Waals surface area contributed by atoms with E-state index in [1.54, 1.807) is 11.1 Å². The molecule has 0 saturated carbocycles. The van der Waals surface area contributed by atoms with E-state index in [1.165, 1.54) is 11.3 Å². The second kappa shape index (κ2) is 8.04. The van der Waals surface area contributed by atoms with Crippen LogP contribution in [0.5, 0.6) is 0 Å². The van der Waals surface area contributed by atoms with Crippen LogP contribution in [0.2, 0.25) is 0 Å². The molecular weight excluding hydrogens is 362 g/mol. The Morgan fingerprint density at radius 3 is 3.07 bits per heavy atom. The van der Waals surface area contributed by atoms with Crippen LogP contribution in [0.1, 0.15) is 17.4 Å². The van der Waals surface area contributed by atoms with Crippen molar-refractivity contribution >= 4 is 34.0 Å². The number of para-hydroxylation sites is 1. The lowest BCUT2D eigenvalue weighted by Crippen LogP contribution is -2.50. The van der Waals surface area contributed by atoms with Crippen LogP contribution in [0.4, 0.5) is 10.5 Å². The number of nitrogens with one attached hydrogen (secondary N) is 1. The van der Waals surface area contributed by atoms with Gasteiger partial charge < -0.3 is 20.1 Å². The lowest BCUT2D eigenvalue weighted by atomic mass is 10.1. The lowest BCUT2D eigenvalue weighted by Gasteiger charge is -2.36. The Hall–Kier alpha value is -2.48. The Bertz CT molecular complexity index is 910. The van der Waals surface area contributed by atoms with Crippen LogP contribution in [-0.4, -0.2) is 46.8 Å². The summed E-state index contributed by atoms with van der Waals surface area (Å²) in [7, 11) is 0. The van der Waals surface area contributed by atoms with Crippen molar-refractivity contribution < 1.29 is 14.6 Å². The summed E-state index contributed by atoms with van der Waals surface area (Å²) in [5.41, 5.74) is 1.44. The molecule has 0 spiro atoms. The van der Waals surface area contributed by atoms with E-state index < -0.39 is 6.10 Å². The SMILES string of the molecule is O=C(Nc1cccc2cccnc12)N1CCOCC1CC(O)c1cccs1. The highest BCUT2D eigenvalue weighted by molar-refractivity contribution is 7.10. The first kappa shape index (κ1) is 17.9. The number of hydrogen-bond donors (Lipinski definition) is 2. The van der Waals surface area contributed by atoms with E-state index in [1.807, 2.05) is 47.8 Å². The molecule has 2 amide bonds. The van der Waals surface area contributed by atoms with Gasteiger partial charge in [0.25, 0.3) is 0 Å². The first-order chi connectivity index (χ1) is 13.2. The zero-order valence-corrected chi connectivity index (χ0v) is 15.6. The van der Waals surface area contributed by atoms with Crippen LogP contribution in [0.25, 0.3) is 10.9 Å². The highest BCUT2D eigenvalue weighted by atomic mass is 32.1. The van der Waals surface area contributed by atoms with Gasteiger partial charge in [-0.2, -0.15) is 0 Å². The summed E-state index contributed by atoms with van der Waals surface area (Å²) in [6.07, 6.45) is 1.56. The van der Waals surface area contributed by atoms with Gasteiger partial charge in [-0.05, 0) is 23.6 Å². The molecule has 0 aliphatic carbocycles. The minimum Gasteiger partial charge on any atom is -0.387 e. The molecule has 6 nitrogen and oxygen atoms in total. The lowest BCUT2D eigenvalue weighted by molar-refractivity contribution is -0.00382. The number of carbonyl (C=O) groups is 1. The second-order valence-electron chi connectivity index (χ2n) is 6.50. The molecule has 0 radical (unpaired) electrons. The molecule has 1 saturated heterocycles. The number of ether oxygens (including phenoxy) is 1. The van der Waals surface area contributed by atoms with Gasteiger partial charge in [-0.1, -0.05) is 24.3 Å². The topological polar surface area (TPSA) is 74.7 Å². The number of anilines is 1. The molecule has 1 aliphatic heterocycles. The van der Waals surface area contributed by atoms with Crippen molar-refractivity contribution in [3.63, 3.8) is 0 Å². The minimum absolute atomic E-state index is 0.182. The summed E-state index contributed by atoms with van der Waals surface area (Å²) in [6.45, 7) is 1.41. The number of morpholine rings is 1. The molecule has 3 heterocycles. The number of benzene rings is 1. The number of carbonyl (C=O) groups excluding carboxylic acids is 1. The number of nitrogens with zero attached hydrogens (tertiary/aromatic N) is 2. The third-order valence-electron chi connectivity index (χ3n) is 4.73. The Kier molecular flexibility index (Phi) is 5.33. The van der Waals surface area contributed by atoms with Gasteiger partial charge in [-0.25, -0.2) is 4.79 Å². The Labute approximate surface area is 161 Å². The highest BCUT2D eigenvalue weighted by Gasteiger charge is 2.30. The molecule has 2 unspecified atom stereocenters. The monoisotopic (exact) mass is 383 g/mol. The largest absolute Gasteiger partial charge is 0.387 e. The number of rotatable bonds is 4. The van der Waals surface area contributed by atoms with Crippen molar-refractivity contribution in [1.29, 1.82) is 0 Å². The fourth-order valence-corrected chi connectivity index (χ4v) is 4.09. The van der Waals surface area contributed by atoms with Gasteiger partial charge in [0, 0.05) is 29.4 Å². The van der Waals surface area contributed by atoms with Crippen LogP contribution >= 0.6 is 11.3 Å². The summed E-state index contributed by atoms with van der Waals surface area (Å²) in [6, 6.07) is 13.0. The van der Waals surface area contributed by atoms with E-state index in [-0.39, 0.29) is 12.1 Å². The fourth-order valence-electron chi connectivity index (χ4n) is 3.36. The number of amides is 2. The molecule has 4 rings (SSSR count). The smallest absolute Gasteiger partial charge is 0.322 e. The van der Waals surface area contributed by atoms with Crippen LogP contribution in [0.15, 0.2) is 54.0 Å². The predicted octanol–water partition coefficient (Wildman–Crippen LogP) is 3.65. The van der Waals surface area contributed by atoms with Gasteiger partial charge in [0.1, 0.15) is 0 Å². The number of pyridine rings is 1. The minimum atomic E-state index is -0.605. The summed E-state index contributed by atoms with van der Waals surface area (Å²) < 4.78 is 5.56. The molecular formula is C20H21N3O3S. The maximum atomic E-state index is 12.9. The number of urea groups is 1. The van der Waals surface area contributed by atoms with Gasteiger partial charge in [0.15, 0.2) is 0 Å². The van der Waals surface area contributed by atoms with E-state index in [0.29, 0.717) is 31.9 Å². The van der Waals surface area contributed by atoms with Crippen molar-refractivity contribution in [1.82, 2.24) is 9.88 Å². The molecule has 2 atom stereocenters. The third kappa shape index (κ3) is 3.95. The fraction of sp³-hybridized carbons (Fsp3) is 0.300. The molecule has 2 N–H and O–H groups in total. The molecule has 1 aromatic carbocycles. The molecule has 7 heteroatoms. The molecule has 2 aromatic heterocycles. The summed E-state index contributed by atoms with van der Waals surface area (Å²) in [4.78, 5) is 20.0. The van der Waals surface area contributed by atoms with Crippen molar-refractivity contribution in [3.05, 3.63) is 58.9 Å². The van der Waals surface area contributed by atoms with Gasteiger partial charge in [-0.15, -0.1) is 11.3 Å². The van der Waals surface area contributed by atoms with Gasteiger partial charge >= 0.3 is 6.03 Å². The molecule has 0 bridgehead atoms. The average molecular weight is 383 g/mol. The Morgan fingerprint density at radius 2 is 2.22 bits per heavy atom. The number of aliphatic hydroxyl groups excluding tert-OH is 1. The average Bonchev–Trinajstić information content (AvgIpc) is 3.24. The number of hydrogen-bond acceptors (Lipinski definition) is 5. The zero-order chi connectivity index (χ0) is 18.6. The Morgan fingerprint density at radius 1 is 1.33 bits per heavy atom. The van der Waals surface area contributed by atoms with E-state index in [0.717, 1.165) is 15.8 Å². The molecule has 3 aromatic rings. The summed E-state index contributed by atoms with van der Waals surface area (Å²) in [5, 5.41) is 16.4. The van der Waals surface area contributed by atoms with Gasteiger partial charge in [0.2, 0.25) is 0 Å². The molecule has 140 valence electrons. The van der Waals surface area contributed by atoms with E-state index >= 15 is 0 Å². The van der Waals surface area contributed by atoms with Crippen molar-refractivity contribution in [2.75, 3.05) is 25.1 Å². The van der Waals surface area contributed by atoms with E-state index in [4.69, 9.17) is 4.74 Å². The number of thiophene rings is 1. The molecule has 27 heavy (non-hydrogen) atoms. The van der Waals surface area contributed by atoms with Crippen LogP contribution in [-0.2, 0) is 4.74 Å². The summed E-state index contributed by atoms with van der Waals surface area (Å²) in [5.74, 6) is 0. The van der Waals surface area contributed by atoms with Crippen molar-refractivity contribution in [2.24, 2.45) is 0 Å². The van der Waals surface area contributed by atoms with Crippen LogP contribution in [0, 0.1) is 0 Å². The normalized spacial score (nSPS) is 18.4.